The van der Waals surface area contributed by atoms with E-state index in [-0.39, 0.29) is 62.7 Å². The zero-order valence-electron chi connectivity index (χ0n) is 29.5. The standard InChI is InChI=1S/C34H49NO11S3Si/c1-29-17-19-31(20-18-29)49(40,41)35(21-23-42-25-26-44-47(5,36)37)22-24-43-30(27-45-48(6,38)39)28-46-50(34(2,3)4,32-13-9-7-10-14-32)33-15-11-8-12-16-33/h7-20,30H,21-28H2,1-6H3/t30-/m0/s1. The summed E-state index contributed by atoms with van der Waals surface area (Å²) in [5, 5.41) is 1.70. The Hall–Kier alpha value is -2.51. The highest BCUT2D eigenvalue weighted by atomic mass is 32.2. The summed E-state index contributed by atoms with van der Waals surface area (Å²) in [6.07, 6.45) is 1.00. The third-order valence-corrected chi connectivity index (χ3v) is 15.8. The van der Waals surface area contributed by atoms with Crippen LogP contribution in [0.3, 0.4) is 0 Å². The molecule has 3 aromatic carbocycles. The summed E-state index contributed by atoms with van der Waals surface area (Å²) in [4.78, 5) is 0.0792. The molecule has 0 aliphatic carbocycles. The van der Waals surface area contributed by atoms with Crippen LogP contribution < -0.4 is 10.4 Å². The summed E-state index contributed by atoms with van der Waals surface area (Å²) in [6.45, 7) is 7.22. The largest absolute Gasteiger partial charge is 0.405 e. The third kappa shape index (κ3) is 12.6. The number of hydrogen-bond donors (Lipinski definition) is 0. The van der Waals surface area contributed by atoms with Gasteiger partial charge in [0.15, 0.2) is 0 Å². The van der Waals surface area contributed by atoms with E-state index in [4.69, 9.17) is 18.1 Å². The molecule has 16 heteroatoms. The normalized spacial score (nSPS) is 13.8. The summed E-state index contributed by atoms with van der Waals surface area (Å²) in [6, 6.07) is 26.3. The van der Waals surface area contributed by atoms with Crippen molar-refractivity contribution in [3.05, 3.63) is 90.5 Å². The van der Waals surface area contributed by atoms with Crippen molar-refractivity contribution in [2.45, 2.75) is 43.7 Å². The van der Waals surface area contributed by atoms with Crippen LogP contribution in [0.2, 0.25) is 5.04 Å². The SMILES string of the molecule is Cc1ccc(S(=O)(=O)N(CCOCCOS(C)(=O)=O)CCO[C@H](CO[Si](c2ccccc2)(c2ccccc2)C(C)(C)C)COS(C)(=O)=O)cc1. The van der Waals surface area contributed by atoms with Crippen molar-refractivity contribution in [2.75, 3.05) is 65.2 Å². The molecule has 0 bridgehead atoms. The first-order chi connectivity index (χ1) is 23.3. The second-order valence-electron chi connectivity index (χ2n) is 12.8. The number of benzene rings is 3. The van der Waals surface area contributed by atoms with Gasteiger partial charge in [0.05, 0.1) is 57.0 Å². The Morgan fingerprint density at radius 3 is 1.68 bits per heavy atom. The molecule has 0 aliphatic rings. The van der Waals surface area contributed by atoms with Crippen molar-refractivity contribution < 1.29 is 47.5 Å². The van der Waals surface area contributed by atoms with E-state index in [0.29, 0.717) is 0 Å². The number of nitrogens with zero attached hydrogens (tertiary/aromatic N) is 1. The van der Waals surface area contributed by atoms with Gasteiger partial charge in [-0.05, 0) is 34.5 Å². The van der Waals surface area contributed by atoms with Crippen molar-refractivity contribution in [1.29, 1.82) is 0 Å². The molecule has 0 aromatic heterocycles. The maximum absolute atomic E-state index is 13.7. The van der Waals surface area contributed by atoms with Gasteiger partial charge in [-0.1, -0.05) is 99.1 Å². The van der Waals surface area contributed by atoms with Crippen LogP contribution >= 0.6 is 0 Å². The Bertz CT molecular complexity index is 1760. The Balaban J connectivity index is 1.84. The second kappa shape index (κ2) is 18.3. The van der Waals surface area contributed by atoms with Gasteiger partial charge in [-0.2, -0.15) is 21.1 Å². The molecule has 0 heterocycles. The lowest BCUT2D eigenvalue weighted by atomic mass is 10.2. The van der Waals surface area contributed by atoms with Gasteiger partial charge in [-0.15, -0.1) is 0 Å². The minimum Gasteiger partial charge on any atom is -0.405 e. The van der Waals surface area contributed by atoms with E-state index in [0.717, 1.165) is 28.4 Å². The molecule has 3 rings (SSSR count). The number of rotatable bonds is 21. The molecule has 50 heavy (non-hydrogen) atoms. The van der Waals surface area contributed by atoms with E-state index >= 15 is 0 Å². The molecular weight excluding hydrogens is 723 g/mol. The molecule has 0 unspecified atom stereocenters. The Labute approximate surface area is 299 Å². The Morgan fingerprint density at radius 2 is 1.18 bits per heavy atom. The van der Waals surface area contributed by atoms with Gasteiger partial charge in [-0.3, -0.25) is 8.37 Å². The molecule has 0 saturated heterocycles. The van der Waals surface area contributed by atoms with Crippen LogP contribution in [0.15, 0.2) is 89.8 Å². The predicted molar refractivity (Wildman–Crippen MR) is 196 cm³/mol. The van der Waals surface area contributed by atoms with E-state index in [1.165, 1.54) is 16.4 Å². The smallest absolute Gasteiger partial charge is 0.264 e. The molecule has 0 amide bonds. The lowest BCUT2D eigenvalue weighted by Crippen LogP contribution is -2.67. The average Bonchev–Trinajstić information content (AvgIpc) is 3.03. The van der Waals surface area contributed by atoms with E-state index in [1.54, 1.807) is 12.1 Å². The van der Waals surface area contributed by atoms with Crippen molar-refractivity contribution in [1.82, 2.24) is 4.31 Å². The fraction of sp³-hybridized carbons (Fsp3) is 0.471. The van der Waals surface area contributed by atoms with Gasteiger partial charge >= 0.3 is 0 Å². The molecule has 0 N–H and O–H groups in total. The number of ether oxygens (including phenoxy) is 2. The van der Waals surface area contributed by atoms with Gasteiger partial charge in [0.1, 0.15) is 6.10 Å². The van der Waals surface area contributed by atoms with Crippen molar-refractivity contribution in [3.8, 4) is 0 Å². The highest BCUT2D eigenvalue weighted by Gasteiger charge is 2.50. The Morgan fingerprint density at radius 1 is 0.660 bits per heavy atom. The van der Waals surface area contributed by atoms with Crippen LogP contribution in [-0.2, 0) is 52.5 Å². The Kier molecular flexibility index (Phi) is 15.3. The summed E-state index contributed by atoms with van der Waals surface area (Å²) in [7, 11) is -14.5. The molecule has 12 nitrogen and oxygen atoms in total. The van der Waals surface area contributed by atoms with Gasteiger partial charge < -0.3 is 13.9 Å². The average molecular weight is 772 g/mol. The first kappa shape index (κ1) is 41.9. The number of sulfonamides is 1. The first-order valence-corrected chi connectivity index (χ1v) is 23.0. The molecule has 0 fully saturated rings. The molecule has 278 valence electrons. The lowest BCUT2D eigenvalue weighted by molar-refractivity contribution is -0.0120. The van der Waals surface area contributed by atoms with Crippen LogP contribution in [0.25, 0.3) is 0 Å². The summed E-state index contributed by atoms with van der Waals surface area (Å²) >= 11 is 0. The molecule has 0 spiro atoms. The highest BCUT2D eigenvalue weighted by molar-refractivity contribution is 7.89. The predicted octanol–water partition coefficient (Wildman–Crippen LogP) is 2.92. The maximum Gasteiger partial charge on any atom is 0.264 e. The van der Waals surface area contributed by atoms with E-state index in [9.17, 15) is 25.3 Å². The van der Waals surface area contributed by atoms with Crippen molar-refractivity contribution in [3.63, 3.8) is 0 Å². The van der Waals surface area contributed by atoms with Crippen LogP contribution in [0.4, 0.5) is 0 Å². The maximum atomic E-state index is 13.7. The molecule has 1 atom stereocenters. The zero-order valence-corrected chi connectivity index (χ0v) is 32.9. The van der Waals surface area contributed by atoms with Crippen LogP contribution in [-0.4, -0.2) is 109 Å². The fourth-order valence-corrected chi connectivity index (χ4v) is 12.1. The monoisotopic (exact) mass is 771 g/mol. The number of aryl methyl sites for hydroxylation is 1. The quantitative estimate of drug-likeness (QED) is 0.0894. The second-order valence-corrected chi connectivity index (χ2v) is 22.3. The van der Waals surface area contributed by atoms with Gasteiger partial charge in [0, 0.05) is 13.1 Å². The van der Waals surface area contributed by atoms with Crippen molar-refractivity contribution >= 4 is 49.0 Å². The van der Waals surface area contributed by atoms with Gasteiger partial charge in [0.25, 0.3) is 28.6 Å². The minimum atomic E-state index is -4.00. The molecule has 3 aromatic rings. The summed E-state index contributed by atoms with van der Waals surface area (Å²) < 4.78 is 104. The van der Waals surface area contributed by atoms with Crippen LogP contribution in [0.5, 0.6) is 0 Å². The summed E-state index contributed by atoms with van der Waals surface area (Å²) in [5.41, 5.74) is 0.891. The third-order valence-electron chi connectivity index (χ3n) is 7.73. The minimum absolute atomic E-state index is 0.0308. The number of hydrogen-bond acceptors (Lipinski definition) is 11. The molecule has 0 radical (unpaired) electrons. The first-order valence-electron chi connectivity index (χ1n) is 16.1. The molecule has 0 aliphatic heterocycles. The van der Waals surface area contributed by atoms with Gasteiger partial charge in [0.2, 0.25) is 10.0 Å². The van der Waals surface area contributed by atoms with Gasteiger partial charge in [-0.25, -0.2) is 8.42 Å². The molecular formula is C34H49NO11S3Si. The zero-order chi connectivity index (χ0) is 37.1. The van der Waals surface area contributed by atoms with E-state index < -0.39 is 44.7 Å². The topological polar surface area (TPSA) is 152 Å². The lowest BCUT2D eigenvalue weighted by Gasteiger charge is -2.43. The van der Waals surface area contributed by atoms with Crippen LogP contribution in [0, 0.1) is 6.92 Å². The highest BCUT2D eigenvalue weighted by Crippen LogP contribution is 2.37. The molecule has 0 saturated carbocycles. The van der Waals surface area contributed by atoms with E-state index in [1.807, 2.05) is 67.6 Å². The van der Waals surface area contributed by atoms with Crippen LogP contribution in [0.1, 0.15) is 26.3 Å². The van der Waals surface area contributed by atoms with E-state index in [2.05, 4.69) is 25.0 Å². The van der Waals surface area contributed by atoms with Crippen molar-refractivity contribution in [2.24, 2.45) is 0 Å². The fourth-order valence-electron chi connectivity index (χ4n) is 5.37. The summed E-state index contributed by atoms with van der Waals surface area (Å²) in [5.74, 6) is 0.